The molecule has 0 bridgehead atoms. The number of nitrogens with zero attached hydrogens (tertiary/aromatic N) is 1. The standard InChI is InChI=1S/C45H30N2O/c1-2-12-31(13-3-1)44-46-40-20-10-6-16-35(40)43(47-44)30-24-22-29(23-25-30)32-26-27-42-39(28-32)45(38-19-9-11-21-41(38)48-42)36-17-7-4-14-33(36)34-15-5-8-18-37(34)45/h1-28,44,47H. The smallest absolute Gasteiger partial charge is 0.145 e. The number of rotatable bonds is 3. The van der Waals surface area contributed by atoms with Crippen LogP contribution in [0.15, 0.2) is 175 Å². The molecular weight excluding hydrogens is 585 g/mol. The maximum Gasteiger partial charge on any atom is 0.145 e. The lowest BCUT2D eigenvalue weighted by molar-refractivity contribution is 0.436. The van der Waals surface area contributed by atoms with Gasteiger partial charge in [-0.15, -0.1) is 0 Å². The largest absolute Gasteiger partial charge is 0.457 e. The van der Waals surface area contributed by atoms with Gasteiger partial charge >= 0.3 is 0 Å². The number of hydrogen-bond acceptors (Lipinski definition) is 3. The summed E-state index contributed by atoms with van der Waals surface area (Å²) in [7, 11) is 0. The molecule has 0 amide bonds. The fourth-order valence-electron chi connectivity index (χ4n) is 8.08. The molecular formula is C45H30N2O. The lowest BCUT2D eigenvalue weighted by Crippen LogP contribution is -2.39. The number of nitrogens with one attached hydrogen (secondary N) is 1. The van der Waals surface area contributed by atoms with Gasteiger partial charge in [0.05, 0.1) is 16.5 Å². The van der Waals surface area contributed by atoms with Crippen LogP contribution in [0.1, 0.15) is 39.5 Å². The van der Waals surface area contributed by atoms with E-state index in [4.69, 9.17) is 9.73 Å². The van der Waals surface area contributed by atoms with Crippen LogP contribution in [0.25, 0.3) is 28.0 Å². The van der Waals surface area contributed by atoms with Crippen LogP contribution in [-0.4, -0.2) is 0 Å². The van der Waals surface area contributed by atoms with E-state index < -0.39 is 5.41 Å². The summed E-state index contributed by atoms with van der Waals surface area (Å²) in [5.74, 6) is 1.81. The molecule has 3 nitrogen and oxygen atoms in total. The molecule has 0 saturated heterocycles. The summed E-state index contributed by atoms with van der Waals surface area (Å²) >= 11 is 0. The first kappa shape index (κ1) is 27.0. The SMILES string of the molecule is c1ccc(C2N=c3ccccc3=C(c3ccc(-c4ccc5c(c4)C4(c6ccccc6O5)c5ccccc5-c5ccccc54)cc3)N2)cc1. The quantitative estimate of drug-likeness (QED) is 0.216. The van der Waals surface area contributed by atoms with E-state index in [0.29, 0.717) is 0 Å². The van der Waals surface area contributed by atoms with Crippen molar-refractivity contribution < 1.29 is 4.74 Å². The summed E-state index contributed by atoms with van der Waals surface area (Å²) in [6.45, 7) is 0. The van der Waals surface area contributed by atoms with Crippen molar-refractivity contribution in [3.05, 3.63) is 214 Å². The first-order valence-corrected chi connectivity index (χ1v) is 16.5. The van der Waals surface area contributed by atoms with Crippen molar-refractivity contribution in [1.82, 2.24) is 5.32 Å². The molecule has 0 fully saturated rings. The second kappa shape index (κ2) is 10.4. The minimum Gasteiger partial charge on any atom is -0.457 e. The third kappa shape index (κ3) is 3.85. The van der Waals surface area contributed by atoms with E-state index in [-0.39, 0.29) is 6.17 Å². The fraction of sp³-hybridized carbons (Fsp3) is 0.0444. The van der Waals surface area contributed by atoms with Crippen molar-refractivity contribution in [1.29, 1.82) is 0 Å². The lowest BCUT2D eigenvalue weighted by atomic mass is 9.66. The van der Waals surface area contributed by atoms with Gasteiger partial charge < -0.3 is 10.1 Å². The van der Waals surface area contributed by atoms with Gasteiger partial charge in [0, 0.05) is 16.3 Å². The lowest BCUT2D eigenvalue weighted by Gasteiger charge is -2.39. The van der Waals surface area contributed by atoms with Gasteiger partial charge in [-0.3, -0.25) is 4.99 Å². The Kier molecular flexibility index (Phi) is 5.85. The van der Waals surface area contributed by atoms with Crippen LogP contribution in [0.2, 0.25) is 0 Å². The van der Waals surface area contributed by atoms with Crippen molar-refractivity contribution in [2.75, 3.05) is 0 Å². The Morgan fingerprint density at radius 3 is 1.83 bits per heavy atom. The molecule has 0 aromatic heterocycles. The summed E-state index contributed by atoms with van der Waals surface area (Å²) in [5.41, 5.74) is 12.7. The highest BCUT2D eigenvalue weighted by Gasteiger charge is 2.50. The van der Waals surface area contributed by atoms with E-state index >= 15 is 0 Å². The van der Waals surface area contributed by atoms with Gasteiger partial charge in [-0.05, 0) is 68.8 Å². The molecule has 7 aromatic rings. The van der Waals surface area contributed by atoms with Crippen molar-refractivity contribution in [2.24, 2.45) is 4.99 Å². The van der Waals surface area contributed by atoms with Crippen LogP contribution in [0.5, 0.6) is 11.5 Å². The number of fused-ring (bicyclic) bond motifs is 10. The summed E-state index contributed by atoms with van der Waals surface area (Å²) < 4.78 is 6.64. The third-order valence-electron chi connectivity index (χ3n) is 10.2. The zero-order chi connectivity index (χ0) is 31.7. The zero-order valence-corrected chi connectivity index (χ0v) is 26.1. The summed E-state index contributed by atoms with van der Waals surface area (Å²) in [6, 6.07) is 60.7. The van der Waals surface area contributed by atoms with Gasteiger partial charge in [-0.1, -0.05) is 146 Å². The van der Waals surface area contributed by atoms with Crippen LogP contribution in [0.3, 0.4) is 0 Å². The minimum absolute atomic E-state index is 0.146. The first-order valence-electron chi connectivity index (χ1n) is 16.5. The van der Waals surface area contributed by atoms with E-state index in [1.54, 1.807) is 0 Å². The normalized spacial score (nSPS) is 15.9. The Labute approximate surface area is 279 Å². The molecule has 3 aliphatic rings. The number of ether oxygens (including phenoxy) is 1. The number of hydrogen-bond donors (Lipinski definition) is 1. The van der Waals surface area contributed by atoms with Crippen LogP contribution in [0, 0.1) is 0 Å². The highest BCUT2D eigenvalue weighted by molar-refractivity contribution is 5.89. The Bertz CT molecular complexity index is 2470. The van der Waals surface area contributed by atoms with Gasteiger partial charge in [-0.2, -0.15) is 0 Å². The van der Waals surface area contributed by atoms with Crippen molar-refractivity contribution in [3.8, 4) is 33.8 Å². The van der Waals surface area contributed by atoms with Crippen LogP contribution in [-0.2, 0) is 5.41 Å². The van der Waals surface area contributed by atoms with Gasteiger partial charge in [0.1, 0.15) is 17.7 Å². The van der Waals surface area contributed by atoms with Crippen LogP contribution in [0.4, 0.5) is 0 Å². The van der Waals surface area contributed by atoms with Crippen LogP contribution >= 0.6 is 0 Å². The Morgan fingerprint density at radius 2 is 1.06 bits per heavy atom. The Hall–Kier alpha value is -6.19. The Morgan fingerprint density at radius 1 is 0.479 bits per heavy atom. The molecule has 10 rings (SSSR count). The number of benzene rings is 7. The highest BCUT2D eigenvalue weighted by atomic mass is 16.5. The molecule has 2 heterocycles. The molecule has 1 N–H and O–H groups in total. The van der Waals surface area contributed by atoms with E-state index in [2.05, 4.69) is 169 Å². The molecule has 1 atom stereocenters. The maximum absolute atomic E-state index is 6.64. The number of para-hydroxylation sites is 2. The van der Waals surface area contributed by atoms with Gasteiger partial charge in [-0.25, -0.2) is 0 Å². The molecule has 1 unspecified atom stereocenters. The molecule has 226 valence electrons. The van der Waals surface area contributed by atoms with Crippen molar-refractivity contribution >= 4 is 5.70 Å². The summed E-state index contributed by atoms with van der Waals surface area (Å²) in [5, 5.41) is 5.85. The molecule has 0 saturated carbocycles. The average molecular weight is 615 g/mol. The van der Waals surface area contributed by atoms with E-state index in [1.165, 1.54) is 33.4 Å². The molecule has 2 aliphatic heterocycles. The van der Waals surface area contributed by atoms with Gasteiger partial charge in [0.25, 0.3) is 0 Å². The van der Waals surface area contributed by atoms with E-state index in [0.717, 1.165) is 50.0 Å². The predicted molar refractivity (Wildman–Crippen MR) is 191 cm³/mol. The first-order chi connectivity index (χ1) is 23.8. The summed E-state index contributed by atoms with van der Waals surface area (Å²) in [4.78, 5) is 5.04. The second-order valence-corrected chi connectivity index (χ2v) is 12.7. The zero-order valence-electron chi connectivity index (χ0n) is 26.1. The molecule has 1 spiro atoms. The van der Waals surface area contributed by atoms with E-state index in [9.17, 15) is 0 Å². The predicted octanol–water partition coefficient (Wildman–Crippen LogP) is 8.90. The van der Waals surface area contributed by atoms with Crippen molar-refractivity contribution in [2.45, 2.75) is 11.6 Å². The monoisotopic (exact) mass is 614 g/mol. The molecule has 48 heavy (non-hydrogen) atoms. The molecule has 1 aliphatic carbocycles. The third-order valence-corrected chi connectivity index (χ3v) is 10.2. The molecule has 0 radical (unpaired) electrons. The van der Waals surface area contributed by atoms with Gasteiger partial charge in [0.15, 0.2) is 0 Å². The Balaban J connectivity index is 1.11. The second-order valence-electron chi connectivity index (χ2n) is 12.7. The van der Waals surface area contributed by atoms with Crippen LogP contribution < -0.4 is 20.6 Å². The van der Waals surface area contributed by atoms with Gasteiger partial charge in [0.2, 0.25) is 0 Å². The minimum atomic E-state index is -0.477. The van der Waals surface area contributed by atoms with E-state index in [1.807, 2.05) is 6.07 Å². The fourth-order valence-corrected chi connectivity index (χ4v) is 8.08. The topological polar surface area (TPSA) is 33.6 Å². The van der Waals surface area contributed by atoms with Crippen molar-refractivity contribution in [3.63, 3.8) is 0 Å². The molecule has 3 heteroatoms. The maximum atomic E-state index is 6.64. The average Bonchev–Trinajstić information content (AvgIpc) is 3.45. The molecule has 7 aromatic carbocycles. The highest BCUT2D eigenvalue weighted by Crippen LogP contribution is 2.62. The summed E-state index contributed by atoms with van der Waals surface area (Å²) in [6.07, 6.45) is -0.146.